The van der Waals surface area contributed by atoms with E-state index < -0.39 is 17.7 Å². The van der Waals surface area contributed by atoms with Crippen molar-refractivity contribution in [2.75, 3.05) is 24.7 Å². The first-order chi connectivity index (χ1) is 13.8. The third-order valence-electron chi connectivity index (χ3n) is 4.96. The van der Waals surface area contributed by atoms with Crippen molar-refractivity contribution in [3.05, 3.63) is 35.4 Å². The maximum absolute atomic E-state index is 13.0. The molecule has 0 bridgehead atoms. The van der Waals surface area contributed by atoms with Crippen molar-refractivity contribution in [3.63, 3.8) is 0 Å². The van der Waals surface area contributed by atoms with Gasteiger partial charge in [0.1, 0.15) is 11.6 Å². The summed E-state index contributed by atoms with van der Waals surface area (Å²) in [4.78, 5) is 29.2. The maximum Gasteiger partial charge on any atom is 0.411 e. The zero-order valence-electron chi connectivity index (χ0n) is 17.2. The van der Waals surface area contributed by atoms with Gasteiger partial charge in [-0.3, -0.25) is 9.69 Å². The number of hydrogen-bond acceptors (Lipinski definition) is 6. The number of nitrogens with one attached hydrogen (secondary N) is 1. The van der Waals surface area contributed by atoms with Crippen molar-refractivity contribution in [2.24, 2.45) is 0 Å². The lowest BCUT2D eigenvalue weighted by Gasteiger charge is -2.29. The largest absolute Gasteiger partial charge is 0.444 e. The Kier molecular flexibility index (Phi) is 6.70. The molecule has 2 atom stereocenters. The summed E-state index contributed by atoms with van der Waals surface area (Å²) in [5.41, 5.74) is 1.07. The lowest BCUT2D eigenvalue weighted by Crippen LogP contribution is -2.48. The van der Waals surface area contributed by atoms with E-state index in [-0.39, 0.29) is 11.9 Å². The lowest BCUT2D eigenvalue weighted by molar-refractivity contribution is -0.134. The molecule has 3 rings (SSSR count). The summed E-state index contributed by atoms with van der Waals surface area (Å²) >= 11 is 1.73. The van der Waals surface area contributed by atoms with Gasteiger partial charge in [0.15, 0.2) is 0 Å². The Morgan fingerprint density at radius 3 is 2.62 bits per heavy atom. The van der Waals surface area contributed by atoms with Crippen LogP contribution in [0.1, 0.15) is 38.3 Å². The Bertz CT molecular complexity index is 779. The van der Waals surface area contributed by atoms with Gasteiger partial charge in [0, 0.05) is 31.4 Å². The van der Waals surface area contributed by atoms with E-state index in [1.54, 1.807) is 28.8 Å². The van der Waals surface area contributed by atoms with Gasteiger partial charge < -0.3 is 15.0 Å². The first kappa shape index (κ1) is 21.5. The second kappa shape index (κ2) is 9.06. The number of ether oxygens (including phenoxy) is 1. The molecular weight excluding hydrogens is 388 g/mol. The summed E-state index contributed by atoms with van der Waals surface area (Å²) in [6.45, 7) is 7.26. The average molecular weight is 417 g/mol. The van der Waals surface area contributed by atoms with Gasteiger partial charge in [-0.05, 0) is 44.9 Å². The summed E-state index contributed by atoms with van der Waals surface area (Å²) in [7, 11) is 0. The molecule has 2 saturated heterocycles. The van der Waals surface area contributed by atoms with Crippen molar-refractivity contribution < 1.29 is 14.3 Å². The van der Waals surface area contributed by atoms with Crippen LogP contribution >= 0.6 is 11.8 Å². The van der Waals surface area contributed by atoms with Crippen LogP contribution in [0.4, 0.5) is 4.79 Å². The minimum atomic E-state index is -0.609. The Morgan fingerprint density at radius 1 is 1.31 bits per heavy atom. The zero-order valence-corrected chi connectivity index (χ0v) is 18.0. The van der Waals surface area contributed by atoms with Gasteiger partial charge in [0.25, 0.3) is 0 Å². The molecule has 7 nitrogen and oxygen atoms in total. The third-order valence-corrected chi connectivity index (χ3v) is 5.92. The van der Waals surface area contributed by atoms with Crippen LogP contribution < -0.4 is 5.32 Å². The molecule has 1 aromatic carbocycles. The van der Waals surface area contributed by atoms with Crippen LogP contribution in [0, 0.1) is 11.3 Å². The van der Waals surface area contributed by atoms with Crippen LogP contribution in [0.25, 0.3) is 0 Å². The highest BCUT2D eigenvalue weighted by atomic mass is 32.2. The number of carbonyl (C=O) groups is 2. The average Bonchev–Trinajstić information content (AvgIpc) is 3.35. The predicted molar refractivity (Wildman–Crippen MR) is 112 cm³/mol. The topological polar surface area (TPSA) is 85.7 Å². The van der Waals surface area contributed by atoms with Crippen LogP contribution in [0.2, 0.25) is 0 Å². The van der Waals surface area contributed by atoms with Gasteiger partial charge in [-0.25, -0.2) is 4.79 Å². The second-order valence-electron chi connectivity index (χ2n) is 8.41. The Balaban J connectivity index is 1.66. The van der Waals surface area contributed by atoms with Gasteiger partial charge in [-0.2, -0.15) is 5.26 Å². The summed E-state index contributed by atoms with van der Waals surface area (Å²) in [6.07, 6.45) is 0.126. The highest BCUT2D eigenvalue weighted by Gasteiger charge is 2.43. The summed E-state index contributed by atoms with van der Waals surface area (Å²) in [5, 5.41) is 12.4. The highest BCUT2D eigenvalue weighted by molar-refractivity contribution is 7.99. The number of nitriles is 1. The fourth-order valence-electron chi connectivity index (χ4n) is 3.50. The van der Waals surface area contributed by atoms with Crippen LogP contribution in [0.5, 0.6) is 0 Å². The summed E-state index contributed by atoms with van der Waals surface area (Å²) in [6, 6.07) is 9.02. The fourth-order valence-corrected chi connectivity index (χ4v) is 4.45. The van der Waals surface area contributed by atoms with Gasteiger partial charge in [0.2, 0.25) is 5.91 Å². The van der Waals surface area contributed by atoms with E-state index in [1.807, 2.05) is 37.8 Å². The molecule has 0 spiro atoms. The fraction of sp³-hybridized carbons (Fsp3) is 0.571. The van der Waals surface area contributed by atoms with Crippen LogP contribution in [0.15, 0.2) is 24.3 Å². The molecule has 1 N–H and O–H groups in total. The predicted octanol–water partition coefficient (Wildman–Crippen LogP) is 2.56. The quantitative estimate of drug-likeness (QED) is 0.812. The molecule has 8 heteroatoms. The highest BCUT2D eigenvalue weighted by Crippen LogP contribution is 2.25. The molecule has 2 aliphatic heterocycles. The molecule has 29 heavy (non-hydrogen) atoms. The normalized spacial score (nSPS) is 21.9. The number of rotatable bonds is 4. The molecule has 0 aliphatic carbocycles. The molecule has 2 heterocycles. The van der Waals surface area contributed by atoms with E-state index >= 15 is 0 Å². The summed E-state index contributed by atoms with van der Waals surface area (Å²) in [5.74, 6) is 1.62. The molecular formula is C21H28N4O3S. The van der Waals surface area contributed by atoms with E-state index in [0.717, 1.165) is 17.9 Å². The van der Waals surface area contributed by atoms with Gasteiger partial charge in [-0.15, -0.1) is 11.8 Å². The van der Waals surface area contributed by atoms with Gasteiger partial charge >= 0.3 is 6.09 Å². The molecule has 2 fully saturated rings. The standard InChI is InChI=1S/C21H28N4O3S/c1-21(2,3)28-20(27)25-13-17(10-18(25)19(26)24-8-9-29-14-24)23-12-16-6-4-15(11-22)5-7-16/h4-7,17-18,23H,8-10,12-14H2,1-3H3/t17-,18-/m0/s1. The van der Waals surface area contributed by atoms with E-state index in [4.69, 9.17) is 10.00 Å². The van der Waals surface area contributed by atoms with E-state index in [1.165, 1.54) is 0 Å². The van der Waals surface area contributed by atoms with Gasteiger partial charge in [-0.1, -0.05) is 12.1 Å². The van der Waals surface area contributed by atoms with Crippen molar-refractivity contribution in [1.29, 1.82) is 5.26 Å². The maximum atomic E-state index is 13.0. The molecule has 2 amide bonds. The summed E-state index contributed by atoms with van der Waals surface area (Å²) < 4.78 is 5.55. The van der Waals surface area contributed by atoms with Crippen molar-refractivity contribution in [1.82, 2.24) is 15.1 Å². The van der Waals surface area contributed by atoms with Crippen LogP contribution in [0.3, 0.4) is 0 Å². The second-order valence-corrected chi connectivity index (χ2v) is 9.48. The molecule has 0 radical (unpaired) electrons. The molecule has 1 aromatic rings. The molecule has 156 valence electrons. The van der Waals surface area contributed by atoms with Crippen LogP contribution in [-0.4, -0.2) is 64.2 Å². The third kappa shape index (κ3) is 5.64. The Labute approximate surface area is 176 Å². The SMILES string of the molecule is CC(C)(C)OC(=O)N1C[C@@H](NCc2ccc(C#N)cc2)C[C@H]1C(=O)N1CCSC1. The number of carbonyl (C=O) groups excluding carboxylic acids is 2. The van der Waals surface area contributed by atoms with Gasteiger partial charge in [0.05, 0.1) is 17.5 Å². The smallest absolute Gasteiger partial charge is 0.411 e. The van der Waals surface area contributed by atoms with Crippen molar-refractivity contribution in [2.45, 2.75) is 51.4 Å². The lowest BCUT2D eigenvalue weighted by atomic mass is 10.1. The Morgan fingerprint density at radius 2 is 2.03 bits per heavy atom. The van der Waals surface area contributed by atoms with E-state index in [0.29, 0.717) is 31.0 Å². The first-order valence-electron chi connectivity index (χ1n) is 9.85. The van der Waals surface area contributed by atoms with Crippen LogP contribution in [-0.2, 0) is 16.1 Å². The Hall–Kier alpha value is -2.24. The molecule has 0 saturated carbocycles. The number of benzene rings is 1. The minimum Gasteiger partial charge on any atom is -0.444 e. The van der Waals surface area contributed by atoms with Crippen molar-refractivity contribution >= 4 is 23.8 Å². The number of nitrogens with zero attached hydrogens (tertiary/aromatic N) is 3. The zero-order chi connectivity index (χ0) is 21.0. The molecule has 0 unspecified atom stereocenters. The number of hydrogen-bond donors (Lipinski definition) is 1. The van der Waals surface area contributed by atoms with Crippen molar-refractivity contribution in [3.8, 4) is 6.07 Å². The number of likely N-dealkylation sites (tertiary alicyclic amines) is 1. The molecule has 2 aliphatic rings. The number of amides is 2. The van der Waals surface area contributed by atoms with E-state index in [2.05, 4.69) is 11.4 Å². The minimum absolute atomic E-state index is 0.00219. The monoisotopic (exact) mass is 416 g/mol. The number of thioether (sulfide) groups is 1. The van der Waals surface area contributed by atoms with E-state index in [9.17, 15) is 9.59 Å². The molecule has 0 aromatic heterocycles. The first-order valence-corrected chi connectivity index (χ1v) is 11.0.